The molecule has 0 saturated heterocycles. The number of fused-ring (bicyclic) bond motifs is 1. The lowest BCUT2D eigenvalue weighted by Crippen LogP contribution is -1.82. The molecule has 0 aliphatic rings. The molecule has 0 aliphatic heterocycles. The molecular weight excluding hydrogens is 324 g/mol. The van der Waals surface area contributed by atoms with Crippen molar-refractivity contribution in [1.29, 1.82) is 0 Å². The van der Waals surface area contributed by atoms with E-state index in [1.165, 1.54) is 11.8 Å². The number of aromatic nitrogens is 4. The van der Waals surface area contributed by atoms with Crippen LogP contribution in [0, 0.1) is 0 Å². The predicted octanol–water partition coefficient (Wildman–Crippen LogP) is 4.15. The Labute approximate surface area is 133 Å². The number of thioether (sulfide) groups is 1. The molecule has 6 nitrogen and oxygen atoms in total. The third kappa shape index (κ3) is 2.60. The Hall–Kier alpha value is -2.25. The lowest BCUT2D eigenvalue weighted by atomic mass is 10.3. The maximum atomic E-state index is 5.96. The van der Waals surface area contributed by atoms with Crippen molar-refractivity contribution < 1.29 is 8.94 Å². The first-order chi connectivity index (χ1) is 10.8. The van der Waals surface area contributed by atoms with Gasteiger partial charge in [-0.1, -0.05) is 28.5 Å². The second kappa shape index (κ2) is 5.51. The fourth-order valence-corrected chi connectivity index (χ4v) is 2.87. The quantitative estimate of drug-likeness (QED) is 0.565. The van der Waals surface area contributed by atoms with E-state index >= 15 is 0 Å². The molecule has 0 atom stereocenters. The topological polar surface area (TPSA) is 80.7 Å². The van der Waals surface area contributed by atoms with E-state index in [9.17, 15) is 0 Å². The number of nitrogens with zero attached hydrogens (tertiary/aromatic N) is 3. The molecule has 0 bridgehead atoms. The van der Waals surface area contributed by atoms with Crippen LogP contribution in [-0.2, 0) is 5.75 Å². The van der Waals surface area contributed by atoms with Crippen molar-refractivity contribution in [1.82, 2.24) is 20.1 Å². The van der Waals surface area contributed by atoms with Gasteiger partial charge < -0.3 is 13.9 Å². The zero-order valence-electron chi connectivity index (χ0n) is 11.1. The van der Waals surface area contributed by atoms with Gasteiger partial charge in [-0.2, -0.15) is 4.98 Å². The number of H-pyrrole nitrogens is 1. The minimum atomic E-state index is 0.442. The van der Waals surface area contributed by atoms with Crippen LogP contribution in [-0.4, -0.2) is 20.1 Å². The number of aromatic amines is 1. The van der Waals surface area contributed by atoms with Crippen molar-refractivity contribution in [2.24, 2.45) is 0 Å². The second-order valence-corrected chi connectivity index (χ2v) is 5.88. The molecule has 3 heterocycles. The largest absolute Gasteiger partial charge is 0.461 e. The van der Waals surface area contributed by atoms with Gasteiger partial charge in [0.2, 0.25) is 11.7 Å². The first-order valence-corrected chi connectivity index (χ1v) is 7.79. The van der Waals surface area contributed by atoms with Crippen molar-refractivity contribution in [3.8, 4) is 11.6 Å². The maximum Gasteiger partial charge on any atom is 0.238 e. The van der Waals surface area contributed by atoms with Gasteiger partial charge in [0, 0.05) is 5.02 Å². The van der Waals surface area contributed by atoms with Gasteiger partial charge in [-0.25, -0.2) is 4.98 Å². The summed E-state index contributed by atoms with van der Waals surface area (Å²) in [7, 11) is 0. The number of hydrogen-bond donors (Lipinski definition) is 1. The molecule has 3 aromatic heterocycles. The summed E-state index contributed by atoms with van der Waals surface area (Å²) in [5.41, 5.74) is 1.77. The van der Waals surface area contributed by atoms with Gasteiger partial charge in [-0.05, 0) is 30.3 Å². The number of halogens is 1. The van der Waals surface area contributed by atoms with E-state index in [2.05, 4.69) is 20.1 Å². The summed E-state index contributed by atoms with van der Waals surface area (Å²) in [6, 6.07) is 9.09. The Balaban J connectivity index is 1.49. The van der Waals surface area contributed by atoms with Gasteiger partial charge in [-0.15, -0.1) is 0 Å². The standard InChI is InChI=1S/C14H9ClN4O2S/c15-8-3-4-9-10(6-8)17-14(16-9)22-7-12-18-13(19-21-12)11-2-1-5-20-11/h1-6H,7H2,(H,16,17). The zero-order valence-corrected chi connectivity index (χ0v) is 12.7. The molecule has 0 unspecified atom stereocenters. The molecule has 0 aliphatic carbocycles. The summed E-state index contributed by atoms with van der Waals surface area (Å²) in [5.74, 6) is 2.05. The van der Waals surface area contributed by atoms with Crippen molar-refractivity contribution in [2.45, 2.75) is 10.9 Å². The smallest absolute Gasteiger partial charge is 0.238 e. The van der Waals surface area contributed by atoms with E-state index in [1.807, 2.05) is 18.2 Å². The van der Waals surface area contributed by atoms with E-state index in [-0.39, 0.29) is 0 Å². The fraction of sp³-hybridized carbons (Fsp3) is 0.0714. The molecule has 0 radical (unpaired) electrons. The van der Waals surface area contributed by atoms with Crippen LogP contribution in [0.2, 0.25) is 5.02 Å². The van der Waals surface area contributed by atoms with Crippen LogP contribution in [0.4, 0.5) is 0 Å². The summed E-state index contributed by atoms with van der Waals surface area (Å²) in [6.45, 7) is 0. The van der Waals surface area contributed by atoms with Gasteiger partial charge in [0.1, 0.15) is 0 Å². The molecule has 0 amide bonds. The molecule has 22 heavy (non-hydrogen) atoms. The summed E-state index contributed by atoms with van der Waals surface area (Å²) < 4.78 is 10.4. The van der Waals surface area contributed by atoms with Crippen LogP contribution in [0.5, 0.6) is 0 Å². The Morgan fingerprint density at radius 2 is 2.18 bits per heavy atom. The Morgan fingerprint density at radius 3 is 3.05 bits per heavy atom. The molecule has 1 aromatic carbocycles. The minimum absolute atomic E-state index is 0.442. The molecule has 0 spiro atoms. The predicted molar refractivity (Wildman–Crippen MR) is 82.7 cm³/mol. The van der Waals surface area contributed by atoms with Gasteiger partial charge in [-0.3, -0.25) is 0 Å². The average Bonchev–Trinajstić information content (AvgIpc) is 3.24. The Bertz CT molecular complexity index is 916. The van der Waals surface area contributed by atoms with Crippen LogP contribution in [0.3, 0.4) is 0 Å². The molecule has 110 valence electrons. The number of rotatable bonds is 4. The van der Waals surface area contributed by atoms with Crippen molar-refractivity contribution >= 4 is 34.4 Å². The van der Waals surface area contributed by atoms with Crippen LogP contribution >= 0.6 is 23.4 Å². The third-order valence-electron chi connectivity index (χ3n) is 2.96. The Morgan fingerprint density at radius 1 is 1.23 bits per heavy atom. The monoisotopic (exact) mass is 332 g/mol. The summed E-state index contributed by atoms with van der Waals surface area (Å²) in [4.78, 5) is 11.9. The summed E-state index contributed by atoms with van der Waals surface area (Å²) in [6.07, 6.45) is 1.57. The number of nitrogens with one attached hydrogen (secondary N) is 1. The van der Waals surface area contributed by atoms with E-state index < -0.39 is 0 Å². The normalized spacial score (nSPS) is 11.3. The Kier molecular flexibility index (Phi) is 3.36. The van der Waals surface area contributed by atoms with E-state index in [4.69, 9.17) is 20.5 Å². The molecule has 0 fully saturated rings. The van der Waals surface area contributed by atoms with Crippen LogP contribution in [0.1, 0.15) is 5.89 Å². The molecular formula is C14H9ClN4O2S. The SMILES string of the molecule is Clc1ccc2nc(SCc3nc(-c4ccco4)no3)[nH]c2c1. The minimum Gasteiger partial charge on any atom is -0.461 e. The van der Waals surface area contributed by atoms with Gasteiger partial charge in [0.15, 0.2) is 10.9 Å². The average molecular weight is 333 g/mol. The first-order valence-electron chi connectivity index (χ1n) is 6.42. The molecule has 0 saturated carbocycles. The first kappa shape index (κ1) is 13.4. The number of hydrogen-bond acceptors (Lipinski definition) is 6. The number of benzene rings is 1. The van der Waals surface area contributed by atoms with E-state index in [1.54, 1.807) is 18.4 Å². The lowest BCUT2D eigenvalue weighted by Gasteiger charge is -1.91. The highest BCUT2D eigenvalue weighted by atomic mass is 35.5. The van der Waals surface area contributed by atoms with Gasteiger partial charge in [0.05, 0.1) is 23.0 Å². The van der Waals surface area contributed by atoms with Crippen molar-refractivity contribution in [2.75, 3.05) is 0 Å². The zero-order chi connectivity index (χ0) is 14.9. The third-order valence-corrected chi connectivity index (χ3v) is 4.06. The number of furan rings is 1. The van der Waals surface area contributed by atoms with Crippen LogP contribution < -0.4 is 0 Å². The maximum absolute atomic E-state index is 5.96. The molecule has 1 N–H and O–H groups in total. The van der Waals surface area contributed by atoms with Gasteiger partial charge in [0.25, 0.3) is 0 Å². The highest BCUT2D eigenvalue weighted by molar-refractivity contribution is 7.98. The van der Waals surface area contributed by atoms with E-state index in [0.29, 0.717) is 28.3 Å². The molecule has 4 rings (SSSR count). The van der Waals surface area contributed by atoms with Gasteiger partial charge >= 0.3 is 0 Å². The summed E-state index contributed by atoms with van der Waals surface area (Å²) in [5, 5.41) is 5.33. The van der Waals surface area contributed by atoms with Crippen molar-refractivity contribution in [3.63, 3.8) is 0 Å². The fourth-order valence-electron chi connectivity index (χ4n) is 1.98. The highest BCUT2D eigenvalue weighted by Gasteiger charge is 2.12. The summed E-state index contributed by atoms with van der Waals surface area (Å²) >= 11 is 7.43. The lowest BCUT2D eigenvalue weighted by molar-refractivity contribution is 0.390. The van der Waals surface area contributed by atoms with Crippen molar-refractivity contribution in [3.05, 3.63) is 47.5 Å². The number of imidazole rings is 1. The molecule has 4 aromatic rings. The second-order valence-electron chi connectivity index (χ2n) is 4.48. The van der Waals surface area contributed by atoms with Crippen LogP contribution in [0.25, 0.3) is 22.6 Å². The highest BCUT2D eigenvalue weighted by Crippen LogP contribution is 2.25. The van der Waals surface area contributed by atoms with Crippen LogP contribution in [0.15, 0.2) is 50.7 Å². The molecule has 8 heteroatoms. The van der Waals surface area contributed by atoms with E-state index in [0.717, 1.165) is 16.2 Å².